The lowest BCUT2D eigenvalue weighted by Gasteiger charge is -2.35. The van der Waals surface area contributed by atoms with E-state index in [-0.39, 0.29) is 5.95 Å². The van der Waals surface area contributed by atoms with E-state index in [0.29, 0.717) is 24.1 Å². The van der Waals surface area contributed by atoms with E-state index >= 15 is 0 Å². The maximum Gasteiger partial charge on any atom is 0.223 e. The number of aromatic nitrogens is 2. The molecule has 106 valence electrons. The smallest absolute Gasteiger partial charge is 0.223 e. The maximum atomic E-state index is 10.5. The molecule has 1 aromatic rings. The highest BCUT2D eigenvalue weighted by Gasteiger charge is 2.31. The largest absolute Gasteiger partial charge is 0.388 e. The highest BCUT2D eigenvalue weighted by Crippen LogP contribution is 2.31. The highest BCUT2D eigenvalue weighted by atomic mass is 16.3. The zero-order valence-electron chi connectivity index (χ0n) is 11.2. The standard InChI is InChI=1S/C12H22N6O/c1-8-2-4-12(19,5-3-8)7-15-9-6-10(18-14)17-11(13)16-9/h6,8,19H,2-5,7,14H2,1H3,(H4,13,15,16,17,18). The minimum Gasteiger partial charge on any atom is -0.388 e. The van der Waals surface area contributed by atoms with Crippen molar-refractivity contribution in [2.45, 2.75) is 38.2 Å². The van der Waals surface area contributed by atoms with E-state index in [0.717, 1.165) is 25.7 Å². The van der Waals surface area contributed by atoms with Crippen LogP contribution in [0.1, 0.15) is 32.6 Å². The second kappa shape index (κ2) is 5.58. The fourth-order valence-corrected chi connectivity index (χ4v) is 2.36. The van der Waals surface area contributed by atoms with Crippen molar-refractivity contribution in [3.05, 3.63) is 6.07 Å². The first-order chi connectivity index (χ1) is 9.00. The molecule has 1 fully saturated rings. The monoisotopic (exact) mass is 266 g/mol. The number of rotatable bonds is 4. The number of hydrazine groups is 1. The Balaban J connectivity index is 1.96. The van der Waals surface area contributed by atoms with Gasteiger partial charge < -0.3 is 21.6 Å². The summed E-state index contributed by atoms with van der Waals surface area (Å²) in [6.45, 7) is 2.68. The lowest BCUT2D eigenvalue weighted by Crippen LogP contribution is -2.40. The molecule has 0 saturated heterocycles. The summed E-state index contributed by atoms with van der Waals surface area (Å²) in [5, 5.41) is 13.6. The Morgan fingerprint density at radius 2 is 2.00 bits per heavy atom. The number of nitrogen functional groups attached to an aromatic ring is 2. The van der Waals surface area contributed by atoms with Crippen LogP contribution in [0, 0.1) is 5.92 Å². The summed E-state index contributed by atoms with van der Waals surface area (Å²) in [5.74, 6) is 7.14. The zero-order chi connectivity index (χ0) is 13.9. The number of nitrogens with zero attached hydrogens (tertiary/aromatic N) is 2. The minimum absolute atomic E-state index is 0.141. The molecule has 0 aromatic carbocycles. The molecule has 0 aliphatic heterocycles. The van der Waals surface area contributed by atoms with Crippen LogP contribution < -0.4 is 22.3 Å². The molecule has 19 heavy (non-hydrogen) atoms. The number of nitrogens with two attached hydrogens (primary N) is 2. The normalized spacial score (nSPS) is 27.0. The van der Waals surface area contributed by atoms with E-state index in [1.807, 2.05) is 0 Å². The van der Waals surface area contributed by atoms with Crippen LogP contribution >= 0.6 is 0 Å². The molecule has 1 aliphatic rings. The van der Waals surface area contributed by atoms with Gasteiger partial charge in [-0.3, -0.25) is 0 Å². The summed E-state index contributed by atoms with van der Waals surface area (Å²) < 4.78 is 0. The maximum absolute atomic E-state index is 10.5. The second-order valence-electron chi connectivity index (χ2n) is 5.40. The summed E-state index contributed by atoms with van der Waals surface area (Å²) in [5.41, 5.74) is 7.34. The molecule has 0 unspecified atom stereocenters. The Hall–Kier alpha value is -1.60. The number of aliphatic hydroxyl groups is 1. The van der Waals surface area contributed by atoms with Gasteiger partial charge in [0, 0.05) is 12.6 Å². The van der Waals surface area contributed by atoms with Gasteiger partial charge in [-0.2, -0.15) is 9.97 Å². The summed E-state index contributed by atoms with van der Waals surface area (Å²) in [7, 11) is 0. The molecule has 1 aliphatic carbocycles. The van der Waals surface area contributed by atoms with Gasteiger partial charge in [-0.05, 0) is 31.6 Å². The van der Waals surface area contributed by atoms with Gasteiger partial charge in [0.25, 0.3) is 0 Å². The second-order valence-corrected chi connectivity index (χ2v) is 5.40. The van der Waals surface area contributed by atoms with Crippen molar-refractivity contribution in [2.75, 3.05) is 23.0 Å². The van der Waals surface area contributed by atoms with Gasteiger partial charge in [0.2, 0.25) is 5.95 Å². The van der Waals surface area contributed by atoms with Gasteiger partial charge in [-0.1, -0.05) is 6.92 Å². The molecular weight excluding hydrogens is 244 g/mol. The Morgan fingerprint density at radius 3 is 2.63 bits per heavy atom. The minimum atomic E-state index is -0.664. The number of anilines is 3. The van der Waals surface area contributed by atoms with Crippen LogP contribution in [0.3, 0.4) is 0 Å². The van der Waals surface area contributed by atoms with Crippen molar-refractivity contribution in [1.82, 2.24) is 9.97 Å². The Labute approximate surface area is 112 Å². The average molecular weight is 266 g/mol. The number of hydrogen-bond donors (Lipinski definition) is 5. The fraction of sp³-hybridized carbons (Fsp3) is 0.667. The Morgan fingerprint density at radius 1 is 1.37 bits per heavy atom. The predicted molar refractivity (Wildman–Crippen MR) is 75.3 cm³/mol. The van der Waals surface area contributed by atoms with Gasteiger partial charge in [-0.15, -0.1) is 0 Å². The summed E-state index contributed by atoms with van der Waals surface area (Å²) in [4.78, 5) is 7.96. The molecule has 0 radical (unpaired) electrons. The van der Waals surface area contributed by atoms with E-state index in [9.17, 15) is 5.11 Å². The molecule has 7 heteroatoms. The zero-order valence-corrected chi connectivity index (χ0v) is 11.2. The van der Waals surface area contributed by atoms with Crippen molar-refractivity contribution in [3.63, 3.8) is 0 Å². The molecule has 1 heterocycles. The summed E-state index contributed by atoms with van der Waals surface area (Å²) in [6.07, 6.45) is 3.73. The number of nitrogens with one attached hydrogen (secondary N) is 2. The van der Waals surface area contributed by atoms with Crippen LogP contribution in [0.5, 0.6) is 0 Å². The van der Waals surface area contributed by atoms with E-state index in [1.165, 1.54) is 0 Å². The molecule has 0 bridgehead atoms. The third kappa shape index (κ3) is 3.68. The van der Waals surface area contributed by atoms with Crippen LogP contribution in [0.15, 0.2) is 6.07 Å². The molecule has 1 saturated carbocycles. The van der Waals surface area contributed by atoms with E-state index in [4.69, 9.17) is 11.6 Å². The van der Waals surface area contributed by atoms with Crippen LogP contribution in [-0.2, 0) is 0 Å². The first kappa shape index (κ1) is 13.8. The number of hydrogen-bond acceptors (Lipinski definition) is 7. The molecule has 0 amide bonds. The first-order valence-electron chi connectivity index (χ1n) is 6.58. The first-order valence-corrected chi connectivity index (χ1v) is 6.58. The van der Waals surface area contributed by atoms with Crippen LogP contribution in [0.2, 0.25) is 0 Å². The molecule has 0 spiro atoms. The van der Waals surface area contributed by atoms with Crippen LogP contribution in [0.25, 0.3) is 0 Å². The van der Waals surface area contributed by atoms with Gasteiger partial charge in [-0.25, -0.2) is 5.84 Å². The van der Waals surface area contributed by atoms with Crippen LogP contribution in [0.4, 0.5) is 17.6 Å². The predicted octanol–water partition coefficient (Wildman–Crippen LogP) is 0.698. The van der Waals surface area contributed by atoms with Gasteiger partial charge in [0.15, 0.2) is 0 Å². The third-order valence-electron chi connectivity index (χ3n) is 3.69. The summed E-state index contributed by atoms with van der Waals surface area (Å²) >= 11 is 0. The van der Waals surface area contributed by atoms with Crippen LogP contribution in [-0.4, -0.2) is 27.2 Å². The van der Waals surface area contributed by atoms with Crippen molar-refractivity contribution in [3.8, 4) is 0 Å². The third-order valence-corrected chi connectivity index (χ3v) is 3.69. The van der Waals surface area contributed by atoms with Crippen molar-refractivity contribution < 1.29 is 5.11 Å². The SMILES string of the molecule is CC1CCC(O)(CNc2cc(NN)nc(N)n2)CC1. The summed E-state index contributed by atoms with van der Waals surface area (Å²) in [6, 6.07) is 1.66. The van der Waals surface area contributed by atoms with E-state index in [1.54, 1.807) is 6.07 Å². The molecule has 7 N–H and O–H groups in total. The lowest BCUT2D eigenvalue weighted by molar-refractivity contribution is 0.00495. The lowest BCUT2D eigenvalue weighted by atomic mass is 9.79. The van der Waals surface area contributed by atoms with Crippen molar-refractivity contribution in [1.29, 1.82) is 0 Å². The quantitative estimate of drug-likeness (QED) is 0.401. The topological polar surface area (TPSA) is 122 Å². The molecule has 2 rings (SSSR count). The molecule has 7 nitrogen and oxygen atoms in total. The molecular formula is C12H22N6O. The molecule has 0 atom stereocenters. The average Bonchev–Trinajstić information content (AvgIpc) is 2.40. The Bertz CT molecular complexity index is 430. The van der Waals surface area contributed by atoms with Crippen molar-refractivity contribution >= 4 is 17.6 Å². The van der Waals surface area contributed by atoms with E-state index < -0.39 is 5.60 Å². The fourth-order valence-electron chi connectivity index (χ4n) is 2.36. The Kier molecular flexibility index (Phi) is 4.06. The highest BCUT2D eigenvalue weighted by molar-refractivity contribution is 5.50. The van der Waals surface area contributed by atoms with Gasteiger partial charge in [0.1, 0.15) is 11.6 Å². The van der Waals surface area contributed by atoms with Gasteiger partial charge >= 0.3 is 0 Å². The molecule has 1 aromatic heterocycles. The van der Waals surface area contributed by atoms with Crippen molar-refractivity contribution in [2.24, 2.45) is 11.8 Å². The van der Waals surface area contributed by atoms with Gasteiger partial charge in [0.05, 0.1) is 5.60 Å². The van der Waals surface area contributed by atoms with E-state index in [2.05, 4.69) is 27.6 Å².